The standard InChI is InChI=1S/C16H20N4O3/c1-9-17-15(19-18-9)13-7-11(22-2)8-20(13)16(21)12-5-6-23-14(12)10-3-4-10/h5-6,10-11,13H,3-4,7-8H2,1-2H3,(H,17,18,19)/t11-,13+/m1/s1. The summed E-state index contributed by atoms with van der Waals surface area (Å²) in [5.74, 6) is 2.59. The molecule has 122 valence electrons. The number of aromatic nitrogens is 3. The molecule has 1 aliphatic heterocycles. The van der Waals surface area contributed by atoms with Crippen LogP contribution in [0.1, 0.15) is 59.0 Å². The third kappa shape index (κ3) is 2.55. The molecule has 0 aromatic carbocycles. The maximum absolute atomic E-state index is 13.1. The molecule has 1 aliphatic carbocycles. The van der Waals surface area contributed by atoms with E-state index in [0.717, 1.165) is 24.4 Å². The van der Waals surface area contributed by atoms with Crippen LogP contribution in [-0.2, 0) is 4.74 Å². The summed E-state index contributed by atoms with van der Waals surface area (Å²) in [5, 5.41) is 7.10. The Morgan fingerprint density at radius 2 is 2.30 bits per heavy atom. The van der Waals surface area contributed by atoms with Gasteiger partial charge in [-0.05, 0) is 25.8 Å². The van der Waals surface area contributed by atoms with Gasteiger partial charge in [0.15, 0.2) is 5.82 Å². The van der Waals surface area contributed by atoms with E-state index in [1.54, 1.807) is 19.4 Å². The lowest BCUT2D eigenvalue weighted by molar-refractivity contribution is 0.0682. The van der Waals surface area contributed by atoms with Gasteiger partial charge in [-0.2, -0.15) is 5.10 Å². The van der Waals surface area contributed by atoms with Gasteiger partial charge in [-0.3, -0.25) is 9.89 Å². The number of amides is 1. The van der Waals surface area contributed by atoms with E-state index >= 15 is 0 Å². The number of hydrogen-bond acceptors (Lipinski definition) is 5. The zero-order chi connectivity index (χ0) is 16.0. The van der Waals surface area contributed by atoms with Crippen LogP contribution in [0.5, 0.6) is 0 Å². The molecule has 2 aromatic rings. The number of aromatic amines is 1. The summed E-state index contributed by atoms with van der Waals surface area (Å²) in [6.07, 6.45) is 4.50. The van der Waals surface area contributed by atoms with E-state index in [2.05, 4.69) is 15.2 Å². The molecule has 0 spiro atoms. The van der Waals surface area contributed by atoms with Crippen molar-refractivity contribution in [3.8, 4) is 0 Å². The van der Waals surface area contributed by atoms with E-state index in [9.17, 15) is 4.79 Å². The fraction of sp³-hybridized carbons (Fsp3) is 0.562. The lowest BCUT2D eigenvalue weighted by Crippen LogP contribution is -2.32. The molecule has 3 heterocycles. The van der Waals surface area contributed by atoms with Gasteiger partial charge in [0.2, 0.25) is 0 Å². The molecule has 1 N–H and O–H groups in total. The van der Waals surface area contributed by atoms with Crippen LogP contribution in [0.2, 0.25) is 0 Å². The molecular formula is C16H20N4O3. The number of methoxy groups -OCH3 is 1. The number of likely N-dealkylation sites (tertiary alicyclic amines) is 1. The van der Waals surface area contributed by atoms with Crippen LogP contribution in [0.4, 0.5) is 0 Å². The summed E-state index contributed by atoms with van der Waals surface area (Å²) in [7, 11) is 1.67. The lowest BCUT2D eigenvalue weighted by atomic mass is 10.1. The molecule has 2 atom stereocenters. The second-order valence-electron chi connectivity index (χ2n) is 6.32. The molecule has 23 heavy (non-hydrogen) atoms. The van der Waals surface area contributed by atoms with Crippen molar-refractivity contribution in [1.82, 2.24) is 20.1 Å². The number of carbonyl (C=O) groups is 1. The topological polar surface area (TPSA) is 84.2 Å². The molecule has 1 saturated heterocycles. The van der Waals surface area contributed by atoms with E-state index in [0.29, 0.717) is 30.3 Å². The first-order valence-corrected chi connectivity index (χ1v) is 7.97. The van der Waals surface area contributed by atoms with E-state index < -0.39 is 0 Å². The van der Waals surface area contributed by atoms with Crippen molar-refractivity contribution in [2.75, 3.05) is 13.7 Å². The Morgan fingerprint density at radius 1 is 1.48 bits per heavy atom. The highest BCUT2D eigenvalue weighted by molar-refractivity contribution is 5.96. The van der Waals surface area contributed by atoms with Crippen LogP contribution in [-0.4, -0.2) is 45.7 Å². The number of carbonyl (C=O) groups excluding carboxylic acids is 1. The van der Waals surface area contributed by atoms with Crippen molar-refractivity contribution in [3.05, 3.63) is 35.3 Å². The lowest BCUT2D eigenvalue weighted by Gasteiger charge is -2.22. The minimum atomic E-state index is -0.167. The second kappa shape index (κ2) is 5.49. The third-order valence-electron chi connectivity index (χ3n) is 4.64. The van der Waals surface area contributed by atoms with Crippen LogP contribution in [0, 0.1) is 6.92 Å². The number of nitrogens with one attached hydrogen (secondary N) is 1. The Bertz CT molecular complexity index is 718. The fourth-order valence-electron chi connectivity index (χ4n) is 3.26. The number of hydrogen-bond donors (Lipinski definition) is 1. The van der Waals surface area contributed by atoms with Crippen LogP contribution >= 0.6 is 0 Å². The number of rotatable bonds is 4. The smallest absolute Gasteiger partial charge is 0.258 e. The minimum Gasteiger partial charge on any atom is -0.468 e. The SMILES string of the molecule is CO[C@@H]1C[C@@H](c2n[nH]c(C)n2)N(C(=O)c2ccoc2C2CC2)C1. The van der Waals surface area contributed by atoms with Gasteiger partial charge in [0, 0.05) is 26.0 Å². The van der Waals surface area contributed by atoms with Crippen LogP contribution in [0.3, 0.4) is 0 Å². The van der Waals surface area contributed by atoms with Crippen molar-refractivity contribution < 1.29 is 13.9 Å². The molecule has 2 fully saturated rings. The maximum Gasteiger partial charge on any atom is 0.258 e. The van der Waals surface area contributed by atoms with Crippen LogP contribution in [0.25, 0.3) is 0 Å². The van der Waals surface area contributed by atoms with Crippen LogP contribution < -0.4 is 0 Å². The molecular weight excluding hydrogens is 296 g/mol. The number of nitrogens with zero attached hydrogens (tertiary/aromatic N) is 3. The highest BCUT2D eigenvalue weighted by atomic mass is 16.5. The summed E-state index contributed by atoms with van der Waals surface area (Å²) >= 11 is 0. The second-order valence-corrected chi connectivity index (χ2v) is 6.32. The Hall–Kier alpha value is -2.15. The van der Waals surface area contributed by atoms with Crippen molar-refractivity contribution in [3.63, 3.8) is 0 Å². The Kier molecular flexibility index (Phi) is 3.45. The molecule has 7 heteroatoms. The van der Waals surface area contributed by atoms with Crippen molar-refractivity contribution in [2.24, 2.45) is 0 Å². The van der Waals surface area contributed by atoms with Gasteiger partial charge in [0.25, 0.3) is 5.91 Å². The first-order chi connectivity index (χ1) is 11.2. The van der Waals surface area contributed by atoms with Crippen molar-refractivity contribution >= 4 is 5.91 Å². The molecule has 0 unspecified atom stereocenters. The van der Waals surface area contributed by atoms with Crippen LogP contribution in [0.15, 0.2) is 16.7 Å². The summed E-state index contributed by atoms with van der Waals surface area (Å²) in [6, 6.07) is 1.61. The molecule has 2 aliphatic rings. The predicted molar refractivity (Wildman–Crippen MR) is 81.0 cm³/mol. The number of H-pyrrole nitrogens is 1. The summed E-state index contributed by atoms with van der Waals surface area (Å²) in [5.41, 5.74) is 0.668. The highest BCUT2D eigenvalue weighted by Crippen LogP contribution is 2.43. The number of aryl methyl sites for hydroxylation is 1. The van der Waals surface area contributed by atoms with Gasteiger partial charge in [-0.15, -0.1) is 0 Å². The number of furan rings is 1. The Balaban J connectivity index is 1.64. The first-order valence-electron chi connectivity index (χ1n) is 7.97. The molecule has 7 nitrogen and oxygen atoms in total. The first kappa shape index (κ1) is 14.4. The van der Waals surface area contributed by atoms with Gasteiger partial charge in [-0.1, -0.05) is 0 Å². The Labute approximate surface area is 134 Å². The number of ether oxygens (including phenoxy) is 1. The maximum atomic E-state index is 13.1. The zero-order valence-electron chi connectivity index (χ0n) is 13.3. The summed E-state index contributed by atoms with van der Waals surface area (Å²) in [6.45, 7) is 2.40. The fourth-order valence-corrected chi connectivity index (χ4v) is 3.26. The largest absolute Gasteiger partial charge is 0.468 e. The van der Waals surface area contributed by atoms with Gasteiger partial charge < -0.3 is 14.1 Å². The molecule has 4 rings (SSSR count). The van der Waals surface area contributed by atoms with Crippen molar-refractivity contribution in [1.29, 1.82) is 0 Å². The molecule has 0 radical (unpaired) electrons. The monoisotopic (exact) mass is 316 g/mol. The van der Waals surface area contributed by atoms with Gasteiger partial charge in [0.05, 0.1) is 24.0 Å². The minimum absolute atomic E-state index is 0.000896. The zero-order valence-corrected chi connectivity index (χ0v) is 13.3. The quantitative estimate of drug-likeness (QED) is 0.934. The average Bonchev–Trinajstić information content (AvgIpc) is 2.99. The van der Waals surface area contributed by atoms with Gasteiger partial charge >= 0.3 is 0 Å². The van der Waals surface area contributed by atoms with E-state index in [1.807, 2.05) is 11.8 Å². The summed E-state index contributed by atoms with van der Waals surface area (Å²) in [4.78, 5) is 19.3. The Morgan fingerprint density at radius 3 is 2.96 bits per heavy atom. The summed E-state index contributed by atoms with van der Waals surface area (Å²) < 4.78 is 11.0. The van der Waals surface area contributed by atoms with Gasteiger partial charge in [0.1, 0.15) is 11.6 Å². The third-order valence-corrected chi connectivity index (χ3v) is 4.64. The molecule has 0 bridgehead atoms. The normalized spacial score (nSPS) is 24.3. The van der Waals surface area contributed by atoms with E-state index in [-0.39, 0.29) is 18.1 Å². The molecule has 2 aromatic heterocycles. The average molecular weight is 316 g/mol. The van der Waals surface area contributed by atoms with E-state index in [1.165, 1.54) is 0 Å². The highest BCUT2D eigenvalue weighted by Gasteiger charge is 2.41. The van der Waals surface area contributed by atoms with Crippen molar-refractivity contribution in [2.45, 2.75) is 44.2 Å². The predicted octanol–water partition coefficient (Wildman–Crippen LogP) is 2.19. The van der Waals surface area contributed by atoms with E-state index in [4.69, 9.17) is 9.15 Å². The molecule has 1 amide bonds. The molecule has 1 saturated carbocycles. The van der Waals surface area contributed by atoms with Gasteiger partial charge in [-0.25, -0.2) is 4.98 Å².